The first-order valence-corrected chi connectivity index (χ1v) is 5.52. The number of halogens is 2. The standard InChI is InChI=1S/C14H9F2NO/c15-9-4-5-10(12(16)6-9)11-3-1-2-8-7-17-14(18)13(8)11/h1-6H,7H2,(H,17,18). The molecule has 1 aliphatic heterocycles. The van der Waals surface area contributed by atoms with Crippen molar-refractivity contribution in [3.63, 3.8) is 0 Å². The van der Waals surface area contributed by atoms with Crippen LogP contribution >= 0.6 is 0 Å². The minimum atomic E-state index is -0.664. The Bertz CT molecular complexity index is 652. The number of nitrogens with one attached hydrogen (secondary N) is 1. The molecule has 0 unspecified atom stereocenters. The van der Waals surface area contributed by atoms with E-state index in [0.717, 1.165) is 11.6 Å². The molecule has 0 bridgehead atoms. The number of hydrogen-bond donors (Lipinski definition) is 1. The van der Waals surface area contributed by atoms with Gasteiger partial charge in [0.1, 0.15) is 11.6 Å². The Morgan fingerprint density at radius 1 is 1.06 bits per heavy atom. The number of hydrogen-bond acceptors (Lipinski definition) is 1. The van der Waals surface area contributed by atoms with Gasteiger partial charge in [0.25, 0.3) is 5.91 Å². The fraction of sp³-hybridized carbons (Fsp3) is 0.0714. The van der Waals surface area contributed by atoms with Crippen LogP contribution < -0.4 is 5.32 Å². The van der Waals surface area contributed by atoms with E-state index < -0.39 is 11.6 Å². The predicted molar refractivity (Wildman–Crippen MR) is 63.0 cm³/mol. The summed E-state index contributed by atoms with van der Waals surface area (Å²) in [6, 6.07) is 8.60. The van der Waals surface area contributed by atoms with Crippen LogP contribution in [0.15, 0.2) is 36.4 Å². The lowest BCUT2D eigenvalue weighted by atomic mass is 9.96. The molecule has 0 atom stereocenters. The molecular formula is C14H9F2NO. The maximum absolute atomic E-state index is 13.8. The van der Waals surface area contributed by atoms with Crippen molar-refractivity contribution in [2.75, 3.05) is 0 Å². The van der Waals surface area contributed by atoms with Gasteiger partial charge in [-0.3, -0.25) is 4.79 Å². The van der Waals surface area contributed by atoms with Crippen LogP contribution in [-0.4, -0.2) is 5.91 Å². The number of carbonyl (C=O) groups excluding carboxylic acids is 1. The molecule has 2 aromatic carbocycles. The minimum Gasteiger partial charge on any atom is -0.348 e. The van der Waals surface area contributed by atoms with Crippen LogP contribution in [0.4, 0.5) is 8.78 Å². The van der Waals surface area contributed by atoms with Crippen molar-refractivity contribution in [3.8, 4) is 11.1 Å². The smallest absolute Gasteiger partial charge is 0.252 e. The fourth-order valence-electron chi connectivity index (χ4n) is 2.21. The van der Waals surface area contributed by atoms with E-state index in [1.807, 2.05) is 6.07 Å². The number of amides is 1. The first-order valence-electron chi connectivity index (χ1n) is 5.52. The third-order valence-electron chi connectivity index (χ3n) is 3.04. The Morgan fingerprint density at radius 2 is 1.89 bits per heavy atom. The molecule has 0 aliphatic carbocycles. The quantitative estimate of drug-likeness (QED) is 0.822. The average Bonchev–Trinajstić information content (AvgIpc) is 2.72. The molecule has 1 amide bonds. The summed E-state index contributed by atoms with van der Waals surface area (Å²) in [5.74, 6) is -1.51. The topological polar surface area (TPSA) is 29.1 Å². The first kappa shape index (κ1) is 10.9. The molecule has 0 saturated carbocycles. The molecule has 90 valence electrons. The van der Waals surface area contributed by atoms with Crippen LogP contribution in [0.1, 0.15) is 15.9 Å². The Kier molecular flexibility index (Phi) is 2.37. The highest BCUT2D eigenvalue weighted by Gasteiger charge is 2.23. The highest BCUT2D eigenvalue weighted by Crippen LogP contribution is 2.31. The van der Waals surface area contributed by atoms with E-state index in [1.165, 1.54) is 12.1 Å². The number of benzene rings is 2. The van der Waals surface area contributed by atoms with Crippen molar-refractivity contribution in [3.05, 3.63) is 59.2 Å². The van der Waals surface area contributed by atoms with Gasteiger partial charge in [-0.2, -0.15) is 0 Å². The van der Waals surface area contributed by atoms with E-state index in [2.05, 4.69) is 5.32 Å². The van der Waals surface area contributed by atoms with Gasteiger partial charge in [-0.05, 0) is 23.3 Å². The van der Waals surface area contributed by atoms with Crippen molar-refractivity contribution in [2.24, 2.45) is 0 Å². The van der Waals surface area contributed by atoms with E-state index >= 15 is 0 Å². The molecule has 1 aliphatic rings. The summed E-state index contributed by atoms with van der Waals surface area (Å²) in [4.78, 5) is 11.7. The molecule has 0 spiro atoms. The van der Waals surface area contributed by atoms with Gasteiger partial charge in [-0.1, -0.05) is 18.2 Å². The summed E-state index contributed by atoms with van der Waals surface area (Å²) in [7, 11) is 0. The van der Waals surface area contributed by atoms with Gasteiger partial charge in [0.15, 0.2) is 0 Å². The minimum absolute atomic E-state index is 0.218. The van der Waals surface area contributed by atoms with Crippen LogP contribution in [0.2, 0.25) is 0 Å². The van der Waals surface area contributed by atoms with Crippen molar-refractivity contribution >= 4 is 5.91 Å². The maximum atomic E-state index is 13.8. The summed E-state index contributed by atoms with van der Waals surface area (Å²) in [5, 5.41) is 2.69. The Balaban J connectivity index is 2.24. The Hall–Kier alpha value is -2.23. The van der Waals surface area contributed by atoms with Crippen LogP contribution in [0.25, 0.3) is 11.1 Å². The second-order valence-corrected chi connectivity index (χ2v) is 4.15. The fourth-order valence-corrected chi connectivity index (χ4v) is 2.21. The lowest BCUT2D eigenvalue weighted by molar-refractivity contribution is 0.0966. The molecule has 2 nitrogen and oxygen atoms in total. The van der Waals surface area contributed by atoms with Gasteiger partial charge < -0.3 is 5.32 Å². The van der Waals surface area contributed by atoms with Crippen LogP contribution in [-0.2, 0) is 6.54 Å². The molecule has 0 fully saturated rings. The molecule has 0 saturated heterocycles. The molecule has 3 rings (SSSR count). The Morgan fingerprint density at radius 3 is 2.67 bits per heavy atom. The molecule has 1 N–H and O–H groups in total. The zero-order chi connectivity index (χ0) is 12.7. The highest BCUT2D eigenvalue weighted by molar-refractivity contribution is 6.04. The molecule has 1 heterocycles. The van der Waals surface area contributed by atoms with Crippen molar-refractivity contribution in [1.29, 1.82) is 0 Å². The van der Waals surface area contributed by atoms with E-state index in [0.29, 0.717) is 17.7 Å². The normalized spacial score (nSPS) is 13.3. The summed E-state index contributed by atoms with van der Waals surface area (Å²) < 4.78 is 26.7. The van der Waals surface area contributed by atoms with Crippen molar-refractivity contribution < 1.29 is 13.6 Å². The number of carbonyl (C=O) groups is 1. The molecule has 4 heteroatoms. The van der Waals surface area contributed by atoms with E-state index in [1.54, 1.807) is 12.1 Å². The van der Waals surface area contributed by atoms with Crippen molar-refractivity contribution in [2.45, 2.75) is 6.54 Å². The maximum Gasteiger partial charge on any atom is 0.252 e. The second kappa shape index (κ2) is 3.91. The average molecular weight is 245 g/mol. The summed E-state index contributed by atoms with van der Waals surface area (Å²) in [6.07, 6.45) is 0. The SMILES string of the molecule is O=C1NCc2cccc(-c3ccc(F)cc3F)c21. The van der Waals surface area contributed by atoms with Gasteiger partial charge in [0, 0.05) is 18.2 Å². The van der Waals surface area contributed by atoms with Crippen LogP contribution in [0.5, 0.6) is 0 Å². The third kappa shape index (κ3) is 1.57. The van der Waals surface area contributed by atoms with Gasteiger partial charge in [0.2, 0.25) is 0 Å². The van der Waals surface area contributed by atoms with Gasteiger partial charge in [-0.15, -0.1) is 0 Å². The molecule has 2 aromatic rings. The van der Waals surface area contributed by atoms with E-state index in [-0.39, 0.29) is 11.5 Å². The number of rotatable bonds is 1. The van der Waals surface area contributed by atoms with Crippen LogP contribution in [0, 0.1) is 11.6 Å². The largest absolute Gasteiger partial charge is 0.348 e. The first-order chi connectivity index (χ1) is 8.66. The van der Waals surface area contributed by atoms with E-state index in [4.69, 9.17) is 0 Å². The van der Waals surface area contributed by atoms with Gasteiger partial charge >= 0.3 is 0 Å². The van der Waals surface area contributed by atoms with Crippen LogP contribution in [0.3, 0.4) is 0 Å². The van der Waals surface area contributed by atoms with Gasteiger partial charge in [0.05, 0.1) is 5.56 Å². The third-order valence-corrected chi connectivity index (χ3v) is 3.04. The van der Waals surface area contributed by atoms with Crippen molar-refractivity contribution in [1.82, 2.24) is 5.32 Å². The van der Waals surface area contributed by atoms with E-state index in [9.17, 15) is 13.6 Å². The lowest BCUT2D eigenvalue weighted by Gasteiger charge is -2.07. The summed E-state index contributed by atoms with van der Waals surface area (Å²) in [6.45, 7) is 0.449. The Labute approximate surface area is 102 Å². The molecular weight excluding hydrogens is 236 g/mol. The van der Waals surface area contributed by atoms with Gasteiger partial charge in [-0.25, -0.2) is 8.78 Å². The molecule has 0 radical (unpaired) electrons. The summed E-state index contributed by atoms with van der Waals surface area (Å²) >= 11 is 0. The highest BCUT2D eigenvalue weighted by atomic mass is 19.1. The lowest BCUT2D eigenvalue weighted by Crippen LogP contribution is -2.13. The number of fused-ring (bicyclic) bond motifs is 1. The predicted octanol–water partition coefficient (Wildman–Crippen LogP) is 2.88. The summed E-state index contributed by atoms with van der Waals surface area (Å²) in [5.41, 5.74) is 2.05. The second-order valence-electron chi connectivity index (χ2n) is 4.15. The zero-order valence-corrected chi connectivity index (χ0v) is 9.34. The molecule has 0 aromatic heterocycles. The monoisotopic (exact) mass is 245 g/mol. The molecule has 18 heavy (non-hydrogen) atoms. The zero-order valence-electron chi connectivity index (χ0n) is 9.34.